The van der Waals surface area contributed by atoms with E-state index in [4.69, 9.17) is 4.74 Å². The van der Waals surface area contributed by atoms with E-state index in [2.05, 4.69) is 10.6 Å². The topological polar surface area (TPSA) is 105 Å². The fraction of sp³-hybridized carbons (Fsp3) is 0.500. The van der Waals surface area contributed by atoms with Gasteiger partial charge in [0, 0.05) is 38.7 Å². The lowest BCUT2D eigenvalue weighted by Crippen LogP contribution is -2.55. The number of esters is 1. The number of nitrogens with zero attached hydrogens (tertiary/aromatic N) is 1. The first-order valence-electron chi connectivity index (χ1n) is 9.23. The standard InChI is InChI=1S/C20H27N3O5/c1-11(2)8-17-20(27)28-18(19(26)23(17)5)9-14-6-7-15(21-12(3)24)10-16(14)22-13(4)25/h6-7,10-11,17-18H,8-9H2,1-5H3,(H,21,24)(H,22,25). The molecule has 1 aromatic carbocycles. The van der Waals surface area contributed by atoms with Crippen LogP contribution in [-0.4, -0.2) is 47.8 Å². The maximum atomic E-state index is 12.7. The van der Waals surface area contributed by atoms with Crippen LogP contribution in [-0.2, 0) is 30.3 Å². The van der Waals surface area contributed by atoms with Crippen molar-refractivity contribution in [3.05, 3.63) is 23.8 Å². The van der Waals surface area contributed by atoms with Crippen LogP contribution < -0.4 is 10.6 Å². The fourth-order valence-electron chi connectivity index (χ4n) is 3.18. The van der Waals surface area contributed by atoms with Crippen molar-refractivity contribution in [2.45, 2.75) is 52.7 Å². The second kappa shape index (κ2) is 8.86. The minimum atomic E-state index is -0.958. The molecular weight excluding hydrogens is 362 g/mol. The first kappa shape index (κ1) is 21.4. The van der Waals surface area contributed by atoms with Crippen LogP contribution in [0.25, 0.3) is 0 Å². The van der Waals surface area contributed by atoms with Gasteiger partial charge in [-0.05, 0) is 30.0 Å². The number of likely N-dealkylation sites (N-methyl/N-ethyl adjacent to an activating group) is 1. The summed E-state index contributed by atoms with van der Waals surface area (Å²) in [7, 11) is 1.61. The van der Waals surface area contributed by atoms with Crippen LogP contribution in [0, 0.1) is 5.92 Å². The Bertz CT molecular complexity index is 790. The van der Waals surface area contributed by atoms with Gasteiger partial charge < -0.3 is 20.3 Å². The van der Waals surface area contributed by atoms with E-state index in [1.54, 1.807) is 25.2 Å². The van der Waals surface area contributed by atoms with E-state index in [-0.39, 0.29) is 30.1 Å². The molecule has 0 aliphatic carbocycles. The molecule has 1 aliphatic rings. The Morgan fingerprint density at radius 3 is 2.36 bits per heavy atom. The molecule has 0 spiro atoms. The normalized spacial score (nSPS) is 19.4. The Morgan fingerprint density at radius 1 is 1.14 bits per heavy atom. The van der Waals surface area contributed by atoms with Gasteiger partial charge in [0.1, 0.15) is 6.04 Å². The van der Waals surface area contributed by atoms with Gasteiger partial charge in [-0.15, -0.1) is 0 Å². The Labute approximate surface area is 164 Å². The first-order valence-corrected chi connectivity index (χ1v) is 9.23. The zero-order valence-corrected chi connectivity index (χ0v) is 16.9. The van der Waals surface area contributed by atoms with Crippen LogP contribution in [0.1, 0.15) is 39.7 Å². The van der Waals surface area contributed by atoms with E-state index in [0.717, 1.165) is 0 Å². The monoisotopic (exact) mass is 389 g/mol. The lowest BCUT2D eigenvalue weighted by atomic mass is 9.98. The molecule has 1 aromatic rings. The number of carbonyl (C=O) groups is 4. The second-order valence-electron chi connectivity index (χ2n) is 7.46. The number of amides is 3. The molecule has 0 radical (unpaired) electrons. The molecule has 0 aromatic heterocycles. The van der Waals surface area contributed by atoms with Gasteiger partial charge in [0.2, 0.25) is 11.8 Å². The smallest absolute Gasteiger partial charge is 0.329 e. The highest BCUT2D eigenvalue weighted by Crippen LogP contribution is 2.26. The molecule has 0 saturated carbocycles. The van der Waals surface area contributed by atoms with Crippen molar-refractivity contribution in [1.29, 1.82) is 0 Å². The van der Waals surface area contributed by atoms with Crippen molar-refractivity contribution in [3.63, 3.8) is 0 Å². The van der Waals surface area contributed by atoms with Gasteiger partial charge in [-0.2, -0.15) is 0 Å². The number of morpholine rings is 1. The number of hydrogen-bond donors (Lipinski definition) is 2. The third kappa shape index (κ3) is 5.31. The van der Waals surface area contributed by atoms with E-state index < -0.39 is 18.1 Å². The van der Waals surface area contributed by atoms with Gasteiger partial charge in [0.15, 0.2) is 6.10 Å². The van der Waals surface area contributed by atoms with Crippen LogP contribution in [0.4, 0.5) is 11.4 Å². The Balaban J connectivity index is 2.24. The molecule has 152 valence electrons. The number of anilines is 2. The molecule has 1 heterocycles. The third-order valence-electron chi connectivity index (χ3n) is 4.46. The van der Waals surface area contributed by atoms with Crippen molar-refractivity contribution >= 4 is 35.1 Å². The molecule has 2 rings (SSSR count). The first-order chi connectivity index (χ1) is 13.1. The van der Waals surface area contributed by atoms with E-state index in [0.29, 0.717) is 23.4 Å². The van der Waals surface area contributed by atoms with Crippen LogP contribution in [0.3, 0.4) is 0 Å². The zero-order valence-electron chi connectivity index (χ0n) is 16.9. The summed E-state index contributed by atoms with van der Waals surface area (Å²) < 4.78 is 5.43. The van der Waals surface area contributed by atoms with Crippen molar-refractivity contribution in [1.82, 2.24) is 4.90 Å². The van der Waals surface area contributed by atoms with Crippen molar-refractivity contribution in [3.8, 4) is 0 Å². The SMILES string of the molecule is CC(=O)Nc1ccc(CC2OC(=O)C(CC(C)C)N(C)C2=O)c(NC(C)=O)c1. The maximum Gasteiger partial charge on any atom is 0.329 e. The molecule has 28 heavy (non-hydrogen) atoms. The molecule has 0 bridgehead atoms. The molecule has 8 heteroatoms. The summed E-state index contributed by atoms with van der Waals surface area (Å²) in [6, 6.07) is 4.39. The van der Waals surface area contributed by atoms with Gasteiger partial charge in [-0.3, -0.25) is 14.4 Å². The summed E-state index contributed by atoms with van der Waals surface area (Å²) >= 11 is 0. The molecule has 2 unspecified atom stereocenters. The predicted molar refractivity (Wildman–Crippen MR) is 105 cm³/mol. The minimum Gasteiger partial charge on any atom is -0.450 e. The summed E-state index contributed by atoms with van der Waals surface area (Å²) in [6.45, 7) is 6.71. The highest BCUT2D eigenvalue weighted by Gasteiger charge is 2.40. The number of ether oxygens (including phenoxy) is 1. The summed E-state index contributed by atoms with van der Waals surface area (Å²) in [5, 5.41) is 5.34. The summed E-state index contributed by atoms with van der Waals surface area (Å²) in [6.07, 6.45) is -0.296. The van der Waals surface area contributed by atoms with Gasteiger partial charge in [-0.1, -0.05) is 19.9 Å². The summed E-state index contributed by atoms with van der Waals surface area (Å²) in [4.78, 5) is 49.4. The average molecular weight is 389 g/mol. The molecule has 1 fully saturated rings. The zero-order chi connectivity index (χ0) is 21.0. The molecule has 1 aliphatic heterocycles. The van der Waals surface area contributed by atoms with Crippen molar-refractivity contribution in [2.75, 3.05) is 17.7 Å². The van der Waals surface area contributed by atoms with E-state index in [1.165, 1.54) is 18.7 Å². The molecule has 3 amide bonds. The van der Waals surface area contributed by atoms with Gasteiger partial charge >= 0.3 is 5.97 Å². The number of carbonyl (C=O) groups excluding carboxylic acids is 4. The lowest BCUT2D eigenvalue weighted by Gasteiger charge is -2.36. The number of hydrogen-bond acceptors (Lipinski definition) is 5. The summed E-state index contributed by atoms with van der Waals surface area (Å²) in [5.41, 5.74) is 1.60. The molecule has 8 nitrogen and oxygen atoms in total. The summed E-state index contributed by atoms with van der Waals surface area (Å²) in [5.74, 6) is -0.975. The molecule has 2 N–H and O–H groups in total. The Kier molecular flexibility index (Phi) is 6.77. The largest absolute Gasteiger partial charge is 0.450 e. The maximum absolute atomic E-state index is 12.7. The number of cyclic esters (lactones) is 1. The predicted octanol–water partition coefficient (Wildman–Crippen LogP) is 1.94. The minimum absolute atomic E-state index is 0.124. The van der Waals surface area contributed by atoms with E-state index in [9.17, 15) is 19.2 Å². The van der Waals surface area contributed by atoms with E-state index in [1.807, 2.05) is 13.8 Å². The number of rotatable bonds is 6. The van der Waals surface area contributed by atoms with Gasteiger partial charge in [-0.25, -0.2) is 4.79 Å². The molecular formula is C20H27N3O5. The van der Waals surface area contributed by atoms with Crippen LogP contribution >= 0.6 is 0 Å². The van der Waals surface area contributed by atoms with Crippen molar-refractivity contribution < 1.29 is 23.9 Å². The highest BCUT2D eigenvalue weighted by atomic mass is 16.6. The third-order valence-corrected chi connectivity index (χ3v) is 4.46. The van der Waals surface area contributed by atoms with Crippen LogP contribution in [0.2, 0.25) is 0 Å². The Morgan fingerprint density at radius 2 is 1.79 bits per heavy atom. The highest BCUT2D eigenvalue weighted by molar-refractivity contribution is 5.94. The number of nitrogens with one attached hydrogen (secondary N) is 2. The quantitative estimate of drug-likeness (QED) is 0.724. The molecule has 1 saturated heterocycles. The van der Waals surface area contributed by atoms with Crippen molar-refractivity contribution in [2.24, 2.45) is 5.92 Å². The number of benzene rings is 1. The van der Waals surface area contributed by atoms with Crippen LogP contribution in [0.15, 0.2) is 18.2 Å². The lowest BCUT2D eigenvalue weighted by molar-refractivity contribution is -0.177. The second-order valence-corrected chi connectivity index (χ2v) is 7.46. The average Bonchev–Trinajstić information content (AvgIpc) is 2.57. The fourth-order valence-corrected chi connectivity index (χ4v) is 3.18. The van der Waals surface area contributed by atoms with Gasteiger partial charge in [0.05, 0.1) is 0 Å². The van der Waals surface area contributed by atoms with Crippen LogP contribution in [0.5, 0.6) is 0 Å². The van der Waals surface area contributed by atoms with Gasteiger partial charge in [0.25, 0.3) is 5.91 Å². The Hall–Kier alpha value is -2.90. The van der Waals surface area contributed by atoms with E-state index >= 15 is 0 Å². The molecule has 2 atom stereocenters.